The molecule has 0 radical (unpaired) electrons. The number of hydrogen-bond acceptors (Lipinski definition) is 1. The molecule has 0 bridgehead atoms. The van der Waals surface area contributed by atoms with Crippen LogP contribution in [0.2, 0.25) is 0 Å². The van der Waals surface area contributed by atoms with Crippen LogP contribution in [-0.4, -0.2) is 4.57 Å². The number of alkyl halides is 3. The third-order valence-corrected chi connectivity index (χ3v) is 3.35. The summed E-state index contributed by atoms with van der Waals surface area (Å²) in [5.74, 6) is 0. The van der Waals surface area contributed by atoms with Crippen LogP contribution in [0.4, 0.5) is 18.9 Å². The van der Waals surface area contributed by atoms with Gasteiger partial charge in [0.2, 0.25) is 0 Å². The number of rotatable bonds is 3. The molecule has 0 fully saturated rings. The molecule has 0 amide bonds. The molecule has 0 saturated heterocycles. The van der Waals surface area contributed by atoms with Gasteiger partial charge in [-0.1, -0.05) is 15.9 Å². The molecule has 1 N–H and O–H groups in total. The third-order valence-electron chi connectivity index (χ3n) is 2.66. The van der Waals surface area contributed by atoms with Crippen LogP contribution in [0.3, 0.4) is 0 Å². The van der Waals surface area contributed by atoms with Crippen LogP contribution in [0.25, 0.3) is 0 Å². The van der Waals surface area contributed by atoms with Crippen LogP contribution >= 0.6 is 15.9 Å². The van der Waals surface area contributed by atoms with Gasteiger partial charge in [-0.15, -0.1) is 0 Å². The average Bonchev–Trinajstić information content (AvgIpc) is 2.72. The van der Waals surface area contributed by atoms with Gasteiger partial charge in [-0.25, -0.2) is 0 Å². The van der Waals surface area contributed by atoms with Crippen molar-refractivity contribution in [2.24, 2.45) is 7.05 Å². The zero-order valence-corrected chi connectivity index (χ0v) is 11.7. The van der Waals surface area contributed by atoms with Crippen molar-refractivity contribution in [1.82, 2.24) is 4.57 Å². The summed E-state index contributed by atoms with van der Waals surface area (Å²) in [5.41, 5.74) is 0.781. The van der Waals surface area contributed by atoms with Gasteiger partial charge in [0.15, 0.2) is 0 Å². The summed E-state index contributed by atoms with van der Waals surface area (Å²) in [6.45, 7) is 0.486. The van der Waals surface area contributed by atoms with Crippen molar-refractivity contribution in [3.8, 4) is 0 Å². The minimum atomic E-state index is -4.36. The molecule has 0 aliphatic carbocycles. The van der Waals surface area contributed by atoms with Gasteiger partial charge in [0.05, 0.1) is 5.56 Å². The summed E-state index contributed by atoms with van der Waals surface area (Å²) >= 11 is 2.91. The van der Waals surface area contributed by atoms with Crippen molar-refractivity contribution in [1.29, 1.82) is 0 Å². The summed E-state index contributed by atoms with van der Waals surface area (Å²) in [6, 6.07) is 6.03. The average molecular weight is 333 g/mol. The van der Waals surface area contributed by atoms with Crippen LogP contribution < -0.4 is 5.32 Å². The predicted octanol–water partition coefficient (Wildman–Crippen LogP) is 4.42. The number of benzene rings is 1. The molecule has 19 heavy (non-hydrogen) atoms. The zero-order valence-electron chi connectivity index (χ0n) is 10.1. The van der Waals surface area contributed by atoms with Crippen molar-refractivity contribution < 1.29 is 13.2 Å². The summed E-state index contributed by atoms with van der Waals surface area (Å²) in [5, 5.41) is 2.98. The Morgan fingerprint density at radius 3 is 2.58 bits per heavy atom. The highest BCUT2D eigenvalue weighted by molar-refractivity contribution is 9.10. The zero-order chi connectivity index (χ0) is 14.0. The molecular formula is C13H12BrF3N2. The maximum atomic E-state index is 12.7. The van der Waals surface area contributed by atoms with Crippen LogP contribution in [0.5, 0.6) is 0 Å². The van der Waals surface area contributed by atoms with Gasteiger partial charge in [-0.05, 0) is 29.8 Å². The van der Waals surface area contributed by atoms with Gasteiger partial charge in [-0.2, -0.15) is 13.2 Å². The van der Waals surface area contributed by atoms with E-state index in [1.165, 1.54) is 6.07 Å². The normalized spacial score (nSPS) is 11.6. The molecule has 1 aromatic carbocycles. The number of aromatic nitrogens is 1. The Balaban J connectivity index is 2.13. The molecule has 0 spiro atoms. The third kappa shape index (κ3) is 3.53. The summed E-state index contributed by atoms with van der Waals surface area (Å²) in [7, 11) is 1.89. The lowest BCUT2D eigenvalue weighted by molar-refractivity contribution is -0.138. The van der Waals surface area contributed by atoms with Crippen molar-refractivity contribution in [2.75, 3.05) is 5.32 Å². The quantitative estimate of drug-likeness (QED) is 0.880. The lowest BCUT2D eigenvalue weighted by atomic mass is 10.2. The smallest absolute Gasteiger partial charge is 0.381 e. The molecule has 2 aromatic rings. The lowest BCUT2D eigenvalue weighted by Gasteiger charge is -2.12. The van der Waals surface area contributed by atoms with E-state index in [4.69, 9.17) is 0 Å². The van der Waals surface area contributed by atoms with Gasteiger partial charge in [0.25, 0.3) is 0 Å². The van der Waals surface area contributed by atoms with E-state index in [0.717, 1.165) is 11.6 Å². The standard InChI is InChI=1S/C13H12BrF3N2/c1-19-5-4-9(8-19)7-18-10-2-3-12(14)11(6-10)13(15,16)17/h2-6,8,18H,7H2,1H3. The fourth-order valence-electron chi connectivity index (χ4n) is 1.72. The molecule has 102 valence electrons. The first-order chi connectivity index (χ1) is 8.86. The predicted molar refractivity (Wildman–Crippen MR) is 71.9 cm³/mol. The highest BCUT2D eigenvalue weighted by Crippen LogP contribution is 2.36. The topological polar surface area (TPSA) is 17.0 Å². The second-order valence-corrected chi connectivity index (χ2v) is 5.09. The molecule has 0 unspecified atom stereocenters. The number of anilines is 1. The SMILES string of the molecule is Cn1ccc(CNc2ccc(Br)c(C(F)(F)F)c2)c1. The Morgan fingerprint density at radius 2 is 2.00 bits per heavy atom. The number of hydrogen-bond donors (Lipinski definition) is 1. The van der Waals surface area contributed by atoms with E-state index in [1.54, 1.807) is 6.07 Å². The van der Waals surface area contributed by atoms with Crippen LogP contribution in [0.15, 0.2) is 41.1 Å². The highest BCUT2D eigenvalue weighted by atomic mass is 79.9. The molecule has 0 aliphatic heterocycles. The highest BCUT2D eigenvalue weighted by Gasteiger charge is 2.33. The van der Waals surface area contributed by atoms with Crippen molar-refractivity contribution in [2.45, 2.75) is 12.7 Å². The molecule has 1 aromatic heterocycles. The Morgan fingerprint density at radius 1 is 1.26 bits per heavy atom. The van der Waals surface area contributed by atoms with E-state index in [0.29, 0.717) is 12.2 Å². The summed E-state index contributed by atoms with van der Waals surface area (Å²) in [4.78, 5) is 0. The Bertz CT molecular complexity index is 576. The van der Waals surface area contributed by atoms with Crippen molar-refractivity contribution in [3.05, 3.63) is 52.3 Å². The first-order valence-corrected chi connectivity index (χ1v) is 6.37. The fourth-order valence-corrected chi connectivity index (χ4v) is 2.19. The van der Waals surface area contributed by atoms with Gasteiger partial charge in [-0.3, -0.25) is 0 Å². The van der Waals surface area contributed by atoms with Gasteiger partial charge in [0, 0.05) is 36.1 Å². The van der Waals surface area contributed by atoms with Crippen molar-refractivity contribution >= 4 is 21.6 Å². The van der Waals surface area contributed by atoms with Crippen molar-refractivity contribution in [3.63, 3.8) is 0 Å². The molecular weight excluding hydrogens is 321 g/mol. The van der Waals surface area contributed by atoms with E-state index in [9.17, 15) is 13.2 Å². The van der Waals surface area contributed by atoms with E-state index in [2.05, 4.69) is 21.2 Å². The second-order valence-electron chi connectivity index (χ2n) is 4.23. The molecule has 2 nitrogen and oxygen atoms in total. The maximum absolute atomic E-state index is 12.7. The minimum absolute atomic E-state index is 0.0465. The first-order valence-electron chi connectivity index (χ1n) is 5.58. The monoisotopic (exact) mass is 332 g/mol. The Hall–Kier alpha value is -1.43. The number of halogens is 4. The molecule has 1 heterocycles. The molecule has 2 rings (SSSR count). The summed E-state index contributed by atoms with van der Waals surface area (Å²) < 4.78 is 40.1. The molecule has 0 atom stereocenters. The minimum Gasteiger partial charge on any atom is -0.381 e. The Labute approximate surface area is 117 Å². The van der Waals surface area contributed by atoms with Crippen LogP contribution in [0.1, 0.15) is 11.1 Å². The van der Waals surface area contributed by atoms with Gasteiger partial charge in [0.1, 0.15) is 0 Å². The first kappa shape index (κ1) is 14.0. The van der Waals surface area contributed by atoms with Crippen LogP contribution in [0, 0.1) is 0 Å². The van der Waals surface area contributed by atoms with E-state index in [-0.39, 0.29) is 4.47 Å². The second kappa shape index (κ2) is 5.28. The van der Waals surface area contributed by atoms with E-state index >= 15 is 0 Å². The molecule has 6 heteroatoms. The molecule has 0 aliphatic rings. The van der Waals surface area contributed by atoms with Crippen LogP contribution in [-0.2, 0) is 19.8 Å². The largest absolute Gasteiger partial charge is 0.417 e. The van der Waals surface area contributed by atoms with Gasteiger partial charge >= 0.3 is 6.18 Å². The number of nitrogens with zero attached hydrogens (tertiary/aromatic N) is 1. The fraction of sp³-hybridized carbons (Fsp3) is 0.231. The van der Waals surface area contributed by atoms with E-state index < -0.39 is 11.7 Å². The number of aryl methyl sites for hydroxylation is 1. The number of nitrogens with one attached hydrogen (secondary N) is 1. The maximum Gasteiger partial charge on any atom is 0.417 e. The van der Waals surface area contributed by atoms with E-state index in [1.807, 2.05) is 30.1 Å². The summed E-state index contributed by atoms with van der Waals surface area (Å²) in [6.07, 6.45) is -0.556. The lowest BCUT2D eigenvalue weighted by Crippen LogP contribution is -2.07. The molecule has 0 saturated carbocycles. The van der Waals surface area contributed by atoms with Gasteiger partial charge < -0.3 is 9.88 Å². The Kier molecular flexibility index (Phi) is 3.89.